The number of esters is 1. The molecule has 0 spiro atoms. The van der Waals surface area contributed by atoms with Crippen molar-refractivity contribution in [3.63, 3.8) is 0 Å². The van der Waals surface area contributed by atoms with Crippen molar-refractivity contribution >= 4 is 34.4 Å². The molecule has 0 saturated heterocycles. The van der Waals surface area contributed by atoms with Crippen LogP contribution in [0.25, 0.3) is 11.0 Å². The zero-order valence-corrected chi connectivity index (χ0v) is 13.7. The molecule has 0 unspecified atom stereocenters. The third-order valence-corrected chi connectivity index (χ3v) is 3.57. The van der Waals surface area contributed by atoms with E-state index in [9.17, 15) is 19.6 Å². The van der Waals surface area contributed by atoms with Crippen molar-refractivity contribution in [2.75, 3.05) is 11.9 Å². The van der Waals surface area contributed by atoms with Crippen LogP contribution in [0.2, 0.25) is 0 Å². The Morgan fingerprint density at radius 3 is 2.50 bits per heavy atom. The van der Waals surface area contributed by atoms with Crippen LogP contribution in [0.3, 0.4) is 0 Å². The van der Waals surface area contributed by atoms with Gasteiger partial charge in [-0.25, -0.2) is 4.79 Å². The Bertz CT molecular complexity index is 994. The summed E-state index contributed by atoms with van der Waals surface area (Å²) in [5, 5.41) is 19.1. The van der Waals surface area contributed by atoms with E-state index in [1.54, 1.807) is 24.3 Å². The van der Waals surface area contributed by atoms with Crippen molar-refractivity contribution in [1.29, 1.82) is 0 Å². The lowest BCUT2D eigenvalue weighted by Crippen LogP contribution is -2.21. The zero-order valence-electron chi connectivity index (χ0n) is 13.7. The molecule has 2 aromatic carbocycles. The number of Topliss-reactive ketones (excluding diaryl/α,β-unsaturated/α-hetero) is 1. The fraction of sp³-hybridized carbons (Fsp3) is 0.118. The number of benzene rings is 2. The summed E-state index contributed by atoms with van der Waals surface area (Å²) < 4.78 is 4.95. The highest BCUT2D eigenvalue weighted by atomic mass is 16.5. The van der Waals surface area contributed by atoms with Gasteiger partial charge in [-0.15, -0.1) is 5.10 Å². The predicted octanol–water partition coefficient (Wildman–Crippen LogP) is 1.67. The maximum absolute atomic E-state index is 12.0. The third kappa shape index (κ3) is 3.66. The molecule has 0 aliphatic rings. The summed E-state index contributed by atoms with van der Waals surface area (Å²) >= 11 is 0. The van der Waals surface area contributed by atoms with Crippen molar-refractivity contribution in [3.8, 4) is 0 Å². The standard InChI is InChI=1S/C17H14N4O5/c1-10(22)11-2-5-13(6-3-11)18-16(23)9-26-17(24)12-4-7-14-15(8-12)21(25)20-19-14/h2-8,25H,9H2,1H3,(H,18,23). The van der Waals surface area contributed by atoms with Gasteiger partial charge in [0, 0.05) is 11.3 Å². The second kappa shape index (κ2) is 7.01. The second-order valence-electron chi connectivity index (χ2n) is 5.44. The fourth-order valence-corrected chi connectivity index (χ4v) is 2.23. The summed E-state index contributed by atoms with van der Waals surface area (Å²) in [6, 6.07) is 10.7. The molecule has 0 aliphatic heterocycles. The van der Waals surface area contributed by atoms with Gasteiger partial charge in [-0.3, -0.25) is 9.59 Å². The monoisotopic (exact) mass is 354 g/mol. The summed E-state index contributed by atoms with van der Waals surface area (Å²) in [5.41, 5.74) is 1.81. The van der Waals surface area contributed by atoms with Crippen LogP contribution >= 0.6 is 0 Å². The summed E-state index contributed by atoms with van der Waals surface area (Å²) in [5.74, 6) is -1.33. The van der Waals surface area contributed by atoms with Gasteiger partial charge in [-0.1, -0.05) is 4.85 Å². The predicted molar refractivity (Wildman–Crippen MR) is 90.1 cm³/mol. The van der Waals surface area contributed by atoms with Gasteiger partial charge < -0.3 is 15.3 Å². The first-order chi connectivity index (χ1) is 12.4. The second-order valence-corrected chi connectivity index (χ2v) is 5.44. The molecule has 3 rings (SSSR count). The minimum Gasteiger partial charge on any atom is -0.452 e. The Kier molecular flexibility index (Phi) is 4.61. The largest absolute Gasteiger partial charge is 0.452 e. The number of hydrogen-bond acceptors (Lipinski definition) is 7. The molecular weight excluding hydrogens is 340 g/mol. The molecular formula is C17H14N4O5. The first-order valence-corrected chi connectivity index (χ1v) is 7.57. The van der Waals surface area contributed by atoms with E-state index in [0.29, 0.717) is 21.6 Å². The lowest BCUT2D eigenvalue weighted by Gasteiger charge is -2.07. The molecule has 1 heterocycles. The highest BCUT2D eigenvalue weighted by Crippen LogP contribution is 2.14. The number of rotatable bonds is 5. The van der Waals surface area contributed by atoms with Crippen molar-refractivity contribution in [2.45, 2.75) is 6.92 Å². The van der Waals surface area contributed by atoms with Crippen LogP contribution in [0.4, 0.5) is 5.69 Å². The Hall–Kier alpha value is -3.75. The number of carbonyl (C=O) groups is 3. The van der Waals surface area contributed by atoms with Gasteiger partial charge >= 0.3 is 5.97 Å². The van der Waals surface area contributed by atoms with Crippen molar-refractivity contribution in [1.82, 2.24) is 15.2 Å². The number of aromatic nitrogens is 3. The number of hydrogen-bond donors (Lipinski definition) is 2. The number of carbonyl (C=O) groups excluding carboxylic acids is 3. The van der Waals surface area contributed by atoms with E-state index >= 15 is 0 Å². The topological polar surface area (TPSA) is 123 Å². The van der Waals surface area contributed by atoms with Crippen molar-refractivity contribution in [2.24, 2.45) is 0 Å². The maximum Gasteiger partial charge on any atom is 0.338 e. The van der Waals surface area contributed by atoms with Crippen LogP contribution in [0.5, 0.6) is 0 Å². The molecule has 9 nitrogen and oxygen atoms in total. The van der Waals surface area contributed by atoms with Gasteiger partial charge in [0.05, 0.1) is 5.56 Å². The average Bonchev–Trinajstić information content (AvgIpc) is 3.00. The molecule has 26 heavy (non-hydrogen) atoms. The molecule has 0 bridgehead atoms. The van der Waals surface area contributed by atoms with E-state index < -0.39 is 18.5 Å². The molecule has 1 aromatic heterocycles. The Morgan fingerprint density at radius 2 is 1.81 bits per heavy atom. The number of nitrogens with one attached hydrogen (secondary N) is 1. The first kappa shape index (κ1) is 17.1. The van der Waals surface area contributed by atoms with Gasteiger partial charge in [-0.2, -0.15) is 0 Å². The van der Waals surface area contributed by atoms with Crippen LogP contribution in [0, 0.1) is 0 Å². The van der Waals surface area contributed by atoms with Crippen LogP contribution < -0.4 is 5.32 Å². The van der Waals surface area contributed by atoms with Crippen molar-refractivity contribution in [3.05, 3.63) is 53.6 Å². The summed E-state index contributed by atoms with van der Waals surface area (Å²) in [6.45, 7) is 0.964. The Labute approximate surface area is 147 Å². The van der Waals surface area contributed by atoms with E-state index in [0.717, 1.165) is 0 Å². The lowest BCUT2D eigenvalue weighted by atomic mass is 10.1. The minimum atomic E-state index is -0.727. The van der Waals surface area contributed by atoms with Crippen molar-refractivity contribution < 1.29 is 24.3 Å². The van der Waals surface area contributed by atoms with Crippen LogP contribution in [0.15, 0.2) is 42.5 Å². The molecule has 0 fully saturated rings. The van der Waals surface area contributed by atoms with Gasteiger partial charge in [0.1, 0.15) is 11.0 Å². The molecule has 0 aliphatic carbocycles. The maximum atomic E-state index is 12.0. The molecule has 0 saturated carbocycles. The first-order valence-electron chi connectivity index (χ1n) is 7.57. The average molecular weight is 354 g/mol. The Balaban J connectivity index is 1.58. The SMILES string of the molecule is CC(=O)c1ccc(NC(=O)COC(=O)c2ccc3nnn(O)c3c2)cc1. The van der Waals surface area contributed by atoms with E-state index in [-0.39, 0.29) is 16.9 Å². The van der Waals surface area contributed by atoms with Crippen LogP contribution in [-0.2, 0) is 9.53 Å². The summed E-state index contributed by atoms with van der Waals surface area (Å²) in [7, 11) is 0. The third-order valence-electron chi connectivity index (χ3n) is 3.57. The smallest absolute Gasteiger partial charge is 0.338 e. The summed E-state index contributed by atoms with van der Waals surface area (Å²) in [6.07, 6.45) is 0. The van der Waals surface area contributed by atoms with Gasteiger partial charge in [0.25, 0.3) is 5.91 Å². The number of ether oxygens (including phenoxy) is 1. The zero-order chi connectivity index (χ0) is 18.7. The highest BCUT2D eigenvalue weighted by Gasteiger charge is 2.13. The van der Waals surface area contributed by atoms with E-state index in [1.165, 1.54) is 25.1 Å². The molecule has 1 amide bonds. The Morgan fingerprint density at radius 1 is 1.12 bits per heavy atom. The number of nitrogens with zero attached hydrogens (tertiary/aromatic N) is 3. The molecule has 3 aromatic rings. The van der Waals surface area contributed by atoms with Gasteiger partial charge in [0.2, 0.25) is 0 Å². The summed E-state index contributed by atoms with van der Waals surface area (Å²) in [4.78, 5) is 35.7. The fourth-order valence-electron chi connectivity index (χ4n) is 2.23. The highest BCUT2D eigenvalue weighted by molar-refractivity contribution is 5.98. The van der Waals surface area contributed by atoms with Gasteiger partial charge in [0.15, 0.2) is 12.4 Å². The number of ketones is 1. The van der Waals surface area contributed by atoms with Crippen LogP contribution in [0.1, 0.15) is 27.6 Å². The lowest BCUT2D eigenvalue weighted by molar-refractivity contribution is -0.119. The number of anilines is 1. The minimum absolute atomic E-state index is 0.0757. The normalized spacial score (nSPS) is 10.5. The quantitative estimate of drug-likeness (QED) is 0.406. The van der Waals surface area contributed by atoms with E-state index in [2.05, 4.69) is 15.6 Å². The molecule has 2 N–H and O–H groups in total. The molecule has 0 atom stereocenters. The van der Waals surface area contributed by atoms with E-state index in [4.69, 9.17) is 4.74 Å². The molecule has 132 valence electrons. The van der Waals surface area contributed by atoms with E-state index in [1.807, 2.05) is 0 Å². The van der Waals surface area contributed by atoms with Gasteiger partial charge in [-0.05, 0) is 54.6 Å². The number of fused-ring (bicyclic) bond motifs is 1. The molecule has 9 heteroatoms. The molecule has 0 radical (unpaired) electrons. The van der Waals surface area contributed by atoms with Crippen LogP contribution in [-0.4, -0.2) is 44.6 Å². The number of amides is 1.